The van der Waals surface area contributed by atoms with Crippen molar-refractivity contribution in [2.24, 2.45) is 16.0 Å². The number of hydrazone groups is 1. The van der Waals surface area contributed by atoms with E-state index in [1.807, 2.05) is 67.4 Å². The summed E-state index contributed by atoms with van der Waals surface area (Å²) in [6, 6.07) is 15.3. The minimum Gasteiger partial charge on any atom is -0.349 e. The average molecular weight is 428 g/mol. The van der Waals surface area contributed by atoms with Gasteiger partial charge in [0.15, 0.2) is 11.6 Å². The third kappa shape index (κ3) is 3.82. The Bertz CT molecular complexity index is 1180. The molecule has 0 radical (unpaired) electrons. The second kappa shape index (κ2) is 8.07. The van der Waals surface area contributed by atoms with Gasteiger partial charge in [-0.3, -0.25) is 14.6 Å². The number of carbonyl (C=O) groups is 2. The Hall–Kier alpha value is -3.74. The standard InChI is InChI=1S/C25H25N5O2/c1-15-8-9-18(25(32)28-19-10-11-19)12-21(15)29-24-22-16(2)20(13-30(22)27-14-26-24)23(31)17-6-4-3-5-7-17/h3-9,12,14,19-20H,10-11,13H2,1-2H3,(H,28,32)(H,26,27,29). The summed E-state index contributed by atoms with van der Waals surface area (Å²) in [5, 5.41) is 12.6. The maximum absolute atomic E-state index is 13.1. The molecule has 162 valence electrons. The summed E-state index contributed by atoms with van der Waals surface area (Å²) < 4.78 is 0. The van der Waals surface area contributed by atoms with E-state index < -0.39 is 0 Å². The Morgan fingerprint density at radius 3 is 2.56 bits per heavy atom. The molecular formula is C25H25N5O2. The van der Waals surface area contributed by atoms with Crippen LogP contribution < -0.4 is 10.6 Å². The number of benzene rings is 2. The van der Waals surface area contributed by atoms with Crippen molar-refractivity contribution in [1.82, 2.24) is 10.3 Å². The van der Waals surface area contributed by atoms with E-state index in [0.29, 0.717) is 29.5 Å². The van der Waals surface area contributed by atoms with E-state index in [1.54, 1.807) is 0 Å². The number of amidine groups is 1. The fraction of sp³-hybridized carbons (Fsp3) is 0.280. The van der Waals surface area contributed by atoms with Gasteiger partial charge in [-0.15, -0.1) is 0 Å². The number of amides is 1. The smallest absolute Gasteiger partial charge is 0.251 e. The molecule has 7 heteroatoms. The molecule has 0 saturated heterocycles. The molecule has 0 spiro atoms. The zero-order valence-corrected chi connectivity index (χ0v) is 18.1. The van der Waals surface area contributed by atoms with Gasteiger partial charge < -0.3 is 10.6 Å². The summed E-state index contributed by atoms with van der Waals surface area (Å²) in [7, 11) is 0. The van der Waals surface area contributed by atoms with E-state index in [-0.39, 0.29) is 17.6 Å². The van der Waals surface area contributed by atoms with Crippen LogP contribution in [0.3, 0.4) is 0 Å². The van der Waals surface area contributed by atoms with Crippen LogP contribution in [0.5, 0.6) is 0 Å². The summed E-state index contributed by atoms with van der Waals surface area (Å²) in [6.07, 6.45) is 3.59. The number of Topliss-reactive ketones (excluding diaryl/α,β-unsaturated/α-hetero) is 1. The van der Waals surface area contributed by atoms with Crippen LogP contribution in [0.15, 0.2) is 69.9 Å². The lowest BCUT2D eigenvalue weighted by Gasteiger charge is -2.22. The van der Waals surface area contributed by atoms with Crippen molar-refractivity contribution in [3.8, 4) is 0 Å². The van der Waals surface area contributed by atoms with Crippen LogP contribution in [0.25, 0.3) is 0 Å². The summed E-state index contributed by atoms with van der Waals surface area (Å²) in [4.78, 5) is 30.1. The monoisotopic (exact) mass is 427 g/mol. The van der Waals surface area contributed by atoms with Gasteiger partial charge >= 0.3 is 0 Å². The van der Waals surface area contributed by atoms with Crippen LogP contribution in [-0.2, 0) is 0 Å². The number of anilines is 1. The molecule has 1 unspecified atom stereocenters. The number of nitrogens with one attached hydrogen (secondary N) is 2. The number of nitrogens with zero attached hydrogens (tertiary/aromatic N) is 3. The van der Waals surface area contributed by atoms with Gasteiger partial charge in [-0.2, -0.15) is 5.10 Å². The van der Waals surface area contributed by atoms with Crippen LogP contribution in [0.1, 0.15) is 46.0 Å². The zero-order chi connectivity index (χ0) is 22.2. The number of ketones is 1. The highest BCUT2D eigenvalue weighted by Crippen LogP contribution is 2.33. The first-order valence-corrected chi connectivity index (χ1v) is 10.9. The summed E-state index contributed by atoms with van der Waals surface area (Å²) in [5.41, 5.74) is 4.86. The van der Waals surface area contributed by atoms with E-state index in [0.717, 1.165) is 35.4 Å². The van der Waals surface area contributed by atoms with E-state index in [9.17, 15) is 9.59 Å². The Morgan fingerprint density at radius 2 is 1.81 bits per heavy atom. The number of hydrogen-bond acceptors (Lipinski definition) is 6. The van der Waals surface area contributed by atoms with Crippen LogP contribution in [-0.4, -0.2) is 41.5 Å². The molecule has 2 N–H and O–H groups in total. The van der Waals surface area contributed by atoms with Crippen molar-refractivity contribution in [3.05, 3.63) is 76.5 Å². The molecule has 0 aromatic heterocycles. The van der Waals surface area contributed by atoms with Crippen LogP contribution in [0.4, 0.5) is 5.69 Å². The van der Waals surface area contributed by atoms with E-state index >= 15 is 0 Å². The van der Waals surface area contributed by atoms with Crippen LogP contribution >= 0.6 is 0 Å². The molecule has 1 fully saturated rings. The maximum Gasteiger partial charge on any atom is 0.251 e. The minimum absolute atomic E-state index is 0.0610. The van der Waals surface area contributed by atoms with Crippen LogP contribution in [0.2, 0.25) is 0 Å². The number of fused-ring (bicyclic) bond motifs is 1. The lowest BCUT2D eigenvalue weighted by molar-refractivity contribution is 0.0930. The van der Waals surface area contributed by atoms with Gasteiger partial charge in [0, 0.05) is 22.9 Å². The summed E-state index contributed by atoms with van der Waals surface area (Å²) >= 11 is 0. The molecule has 2 aromatic carbocycles. The number of aryl methyl sites for hydroxylation is 1. The molecule has 32 heavy (non-hydrogen) atoms. The van der Waals surface area contributed by atoms with Gasteiger partial charge in [-0.25, -0.2) is 4.99 Å². The highest BCUT2D eigenvalue weighted by molar-refractivity contribution is 6.14. The van der Waals surface area contributed by atoms with Crippen molar-refractivity contribution in [2.45, 2.75) is 32.7 Å². The molecule has 5 rings (SSSR count). The second-order valence-electron chi connectivity index (χ2n) is 8.51. The maximum atomic E-state index is 13.1. The van der Waals surface area contributed by atoms with Gasteiger partial charge in [0.2, 0.25) is 0 Å². The molecule has 1 atom stereocenters. The Morgan fingerprint density at radius 1 is 1.03 bits per heavy atom. The molecule has 1 amide bonds. The van der Waals surface area contributed by atoms with E-state index in [4.69, 9.17) is 0 Å². The van der Waals surface area contributed by atoms with Crippen molar-refractivity contribution in [1.29, 1.82) is 0 Å². The van der Waals surface area contributed by atoms with Gasteiger partial charge in [-0.05, 0) is 50.0 Å². The van der Waals surface area contributed by atoms with Gasteiger partial charge in [-0.1, -0.05) is 36.4 Å². The quantitative estimate of drug-likeness (QED) is 0.712. The first-order valence-electron chi connectivity index (χ1n) is 10.9. The Labute approximate surface area is 186 Å². The number of aliphatic imine (C=N–C) groups is 1. The molecule has 2 heterocycles. The highest BCUT2D eigenvalue weighted by atomic mass is 16.1. The highest BCUT2D eigenvalue weighted by Gasteiger charge is 2.37. The summed E-state index contributed by atoms with van der Waals surface area (Å²) in [6.45, 7) is 4.43. The van der Waals surface area contributed by atoms with E-state index in [2.05, 4.69) is 20.7 Å². The number of hydrogen-bond donors (Lipinski definition) is 2. The predicted molar refractivity (Wildman–Crippen MR) is 125 cm³/mol. The second-order valence-corrected chi connectivity index (χ2v) is 8.51. The van der Waals surface area contributed by atoms with Crippen molar-refractivity contribution < 1.29 is 9.59 Å². The fourth-order valence-corrected chi connectivity index (χ4v) is 4.09. The zero-order valence-electron chi connectivity index (χ0n) is 18.1. The average Bonchev–Trinajstić information content (AvgIpc) is 3.56. The lowest BCUT2D eigenvalue weighted by Crippen LogP contribution is -2.29. The largest absolute Gasteiger partial charge is 0.349 e. The first-order chi connectivity index (χ1) is 15.5. The topological polar surface area (TPSA) is 86.2 Å². The number of carbonyl (C=O) groups excluding carboxylic acids is 2. The predicted octanol–water partition coefficient (Wildman–Crippen LogP) is 3.74. The van der Waals surface area contributed by atoms with Crippen LogP contribution in [0, 0.1) is 12.8 Å². The van der Waals surface area contributed by atoms with Gasteiger partial charge in [0.05, 0.1) is 12.5 Å². The molecule has 2 aromatic rings. The van der Waals surface area contributed by atoms with E-state index in [1.165, 1.54) is 6.34 Å². The third-order valence-electron chi connectivity index (χ3n) is 6.15. The SMILES string of the molecule is CC1=C2C(Nc3cc(C(=O)NC4CC4)ccc3C)=NC=NN2CC1C(=O)c1ccccc1. The Balaban J connectivity index is 1.41. The first kappa shape index (κ1) is 20.2. The lowest BCUT2D eigenvalue weighted by atomic mass is 9.92. The molecule has 3 aliphatic rings. The molecular weight excluding hydrogens is 402 g/mol. The molecule has 1 aliphatic carbocycles. The van der Waals surface area contributed by atoms with Crippen molar-refractivity contribution in [3.63, 3.8) is 0 Å². The third-order valence-corrected chi connectivity index (χ3v) is 6.15. The summed E-state index contributed by atoms with van der Waals surface area (Å²) in [5.74, 6) is 0.360. The molecule has 2 aliphatic heterocycles. The minimum atomic E-state index is -0.286. The normalized spacial score (nSPS) is 19.5. The van der Waals surface area contributed by atoms with Crippen molar-refractivity contribution in [2.75, 3.05) is 11.9 Å². The van der Waals surface area contributed by atoms with Gasteiger partial charge in [0.1, 0.15) is 12.0 Å². The Kier molecular flexibility index (Phi) is 5.09. The molecule has 0 bridgehead atoms. The fourth-order valence-electron chi connectivity index (χ4n) is 4.09. The van der Waals surface area contributed by atoms with Crippen molar-refractivity contribution >= 4 is 29.6 Å². The molecule has 1 saturated carbocycles. The van der Waals surface area contributed by atoms with Gasteiger partial charge in [0.25, 0.3) is 5.91 Å². The molecule has 7 nitrogen and oxygen atoms in total. The number of rotatable bonds is 5.